The largest absolute Gasteiger partial charge is 0.357 e. The Labute approximate surface area is 228 Å². The monoisotopic (exact) mass is 561 g/mol. The summed E-state index contributed by atoms with van der Waals surface area (Å²) in [7, 11) is -2.68. The summed E-state index contributed by atoms with van der Waals surface area (Å²) >= 11 is 12.4. The summed E-state index contributed by atoms with van der Waals surface area (Å²) in [4.78, 5) is 28.0. The van der Waals surface area contributed by atoms with Crippen LogP contribution in [-0.4, -0.2) is 44.8 Å². The van der Waals surface area contributed by atoms with Crippen LogP contribution >= 0.6 is 23.2 Å². The van der Waals surface area contributed by atoms with E-state index in [0.717, 1.165) is 15.4 Å². The van der Waals surface area contributed by atoms with Crippen LogP contribution in [0.4, 0.5) is 5.69 Å². The van der Waals surface area contributed by atoms with Gasteiger partial charge >= 0.3 is 0 Å². The van der Waals surface area contributed by atoms with Crippen molar-refractivity contribution in [2.24, 2.45) is 0 Å². The Morgan fingerprint density at radius 3 is 2.14 bits per heavy atom. The maximum Gasteiger partial charge on any atom is 0.264 e. The van der Waals surface area contributed by atoms with Gasteiger partial charge in [-0.25, -0.2) is 8.42 Å². The van der Waals surface area contributed by atoms with Crippen molar-refractivity contribution in [3.05, 3.63) is 94.0 Å². The molecule has 196 valence electrons. The van der Waals surface area contributed by atoms with E-state index in [1.54, 1.807) is 67.6 Å². The number of carbonyl (C=O) groups is 2. The highest BCUT2D eigenvalue weighted by molar-refractivity contribution is 7.92. The summed E-state index contributed by atoms with van der Waals surface area (Å²) < 4.78 is 28.6. The number of anilines is 1. The highest BCUT2D eigenvalue weighted by atomic mass is 35.5. The van der Waals surface area contributed by atoms with Crippen molar-refractivity contribution in [1.29, 1.82) is 0 Å². The van der Waals surface area contributed by atoms with E-state index in [-0.39, 0.29) is 28.1 Å². The van der Waals surface area contributed by atoms with Crippen molar-refractivity contribution in [1.82, 2.24) is 10.2 Å². The minimum Gasteiger partial charge on any atom is -0.357 e. The zero-order chi connectivity index (χ0) is 27.2. The zero-order valence-electron chi connectivity index (χ0n) is 20.8. The minimum absolute atomic E-state index is 0.0217. The summed E-state index contributed by atoms with van der Waals surface area (Å²) in [5, 5.41) is 3.31. The van der Waals surface area contributed by atoms with Crippen LogP contribution < -0.4 is 9.62 Å². The van der Waals surface area contributed by atoms with Crippen molar-refractivity contribution in [3.8, 4) is 0 Å². The Balaban J connectivity index is 2.06. The fraction of sp³-hybridized carbons (Fsp3) is 0.259. The third-order valence-corrected chi connectivity index (χ3v) is 8.25. The van der Waals surface area contributed by atoms with Crippen molar-refractivity contribution in [2.75, 3.05) is 17.9 Å². The third kappa shape index (κ3) is 6.83. The van der Waals surface area contributed by atoms with Gasteiger partial charge in [0.15, 0.2) is 0 Å². The average molecular weight is 563 g/mol. The number of halogens is 2. The molecule has 0 aliphatic rings. The number of nitrogens with zero attached hydrogens (tertiary/aromatic N) is 2. The van der Waals surface area contributed by atoms with Crippen LogP contribution in [0, 0.1) is 6.92 Å². The molecule has 0 heterocycles. The first-order valence-electron chi connectivity index (χ1n) is 11.7. The molecule has 0 radical (unpaired) electrons. The lowest BCUT2D eigenvalue weighted by Crippen LogP contribution is -2.51. The molecular formula is C27H29Cl2N3O4S. The average Bonchev–Trinajstić information content (AvgIpc) is 2.88. The van der Waals surface area contributed by atoms with E-state index in [0.29, 0.717) is 11.4 Å². The van der Waals surface area contributed by atoms with Crippen molar-refractivity contribution in [3.63, 3.8) is 0 Å². The highest BCUT2D eigenvalue weighted by Gasteiger charge is 2.34. The molecule has 0 aliphatic carbocycles. The van der Waals surface area contributed by atoms with Crippen LogP contribution in [0.5, 0.6) is 0 Å². The number of carbonyl (C=O) groups excluding carboxylic acids is 2. The minimum atomic E-state index is -4.18. The molecule has 0 unspecified atom stereocenters. The molecule has 0 spiro atoms. The van der Waals surface area contributed by atoms with Gasteiger partial charge in [0, 0.05) is 18.6 Å². The molecular weight excluding hydrogens is 533 g/mol. The lowest BCUT2D eigenvalue weighted by atomic mass is 10.1. The van der Waals surface area contributed by atoms with E-state index in [9.17, 15) is 18.0 Å². The molecule has 7 nitrogen and oxygen atoms in total. The Bertz CT molecular complexity index is 1350. The first kappa shape index (κ1) is 28.5. The molecule has 10 heteroatoms. The Morgan fingerprint density at radius 1 is 0.946 bits per heavy atom. The number of benzene rings is 3. The lowest BCUT2D eigenvalue weighted by Gasteiger charge is -2.33. The zero-order valence-corrected chi connectivity index (χ0v) is 23.1. The van der Waals surface area contributed by atoms with E-state index in [4.69, 9.17) is 23.2 Å². The number of para-hydroxylation sites is 1. The topological polar surface area (TPSA) is 86.8 Å². The van der Waals surface area contributed by atoms with Gasteiger partial charge in [-0.2, -0.15) is 0 Å². The quantitative estimate of drug-likeness (QED) is 0.375. The van der Waals surface area contributed by atoms with Gasteiger partial charge in [-0.3, -0.25) is 13.9 Å². The molecule has 1 atom stereocenters. The first-order chi connectivity index (χ1) is 17.6. The van der Waals surface area contributed by atoms with Crippen molar-refractivity contribution >= 4 is 50.7 Å². The fourth-order valence-electron chi connectivity index (χ4n) is 3.88. The summed E-state index contributed by atoms with van der Waals surface area (Å²) in [5.41, 5.74) is 1.80. The van der Waals surface area contributed by atoms with Gasteiger partial charge in [-0.1, -0.05) is 72.1 Å². The van der Waals surface area contributed by atoms with E-state index in [1.165, 1.54) is 24.1 Å². The van der Waals surface area contributed by atoms with E-state index in [2.05, 4.69) is 5.32 Å². The van der Waals surface area contributed by atoms with Gasteiger partial charge in [0.2, 0.25) is 11.8 Å². The Morgan fingerprint density at radius 2 is 1.57 bits per heavy atom. The molecule has 0 aromatic heterocycles. The maximum absolute atomic E-state index is 13.8. The van der Waals surface area contributed by atoms with Crippen molar-refractivity contribution < 1.29 is 18.0 Å². The van der Waals surface area contributed by atoms with Gasteiger partial charge in [0.25, 0.3) is 10.0 Å². The normalized spacial score (nSPS) is 12.0. The van der Waals surface area contributed by atoms with Crippen LogP contribution in [-0.2, 0) is 26.2 Å². The third-order valence-electron chi connectivity index (χ3n) is 5.91. The SMILES string of the molecule is CC[C@H](C(=O)NC)N(Cc1ccc(Cl)cc1)C(=O)CN(c1ccccc1Cl)S(=O)(=O)c1ccc(C)cc1. The van der Waals surface area contributed by atoms with Gasteiger partial charge in [-0.15, -0.1) is 0 Å². The predicted octanol–water partition coefficient (Wildman–Crippen LogP) is 5.05. The second-order valence-electron chi connectivity index (χ2n) is 8.46. The van der Waals surface area contributed by atoms with Crippen LogP contribution in [0.15, 0.2) is 77.7 Å². The predicted molar refractivity (Wildman–Crippen MR) is 147 cm³/mol. The molecule has 0 fully saturated rings. The summed E-state index contributed by atoms with van der Waals surface area (Å²) in [6.07, 6.45) is 0.329. The summed E-state index contributed by atoms with van der Waals surface area (Å²) in [5.74, 6) is -0.906. The molecule has 3 aromatic rings. The number of hydrogen-bond donors (Lipinski definition) is 1. The molecule has 0 aliphatic heterocycles. The molecule has 0 saturated carbocycles. The van der Waals surface area contributed by atoms with E-state index >= 15 is 0 Å². The van der Waals surface area contributed by atoms with E-state index < -0.39 is 28.5 Å². The van der Waals surface area contributed by atoms with Gasteiger partial charge in [-0.05, 0) is 55.3 Å². The van der Waals surface area contributed by atoms with Gasteiger partial charge < -0.3 is 10.2 Å². The summed E-state index contributed by atoms with van der Waals surface area (Å²) in [6.45, 7) is 3.17. The van der Waals surface area contributed by atoms with Gasteiger partial charge in [0.05, 0.1) is 15.6 Å². The highest BCUT2D eigenvalue weighted by Crippen LogP contribution is 2.31. The fourth-order valence-corrected chi connectivity index (χ4v) is 5.72. The number of sulfonamides is 1. The molecule has 0 saturated heterocycles. The van der Waals surface area contributed by atoms with Crippen molar-refractivity contribution in [2.45, 2.75) is 37.8 Å². The molecule has 3 rings (SSSR count). The number of amides is 2. The summed E-state index contributed by atoms with van der Waals surface area (Å²) in [6, 6.07) is 18.9. The number of hydrogen-bond acceptors (Lipinski definition) is 4. The lowest BCUT2D eigenvalue weighted by molar-refractivity contribution is -0.140. The van der Waals surface area contributed by atoms with E-state index in [1.807, 2.05) is 6.92 Å². The standard InChI is InChI=1S/C27H29Cl2N3O4S/c1-4-24(27(34)30-3)31(17-20-11-13-21(28)14-12-20)26(33)18-32(25-8-6-5-7-23(25)29)37(35,36)22-15-9-19(2)10-16-22/h5-16,24H,4,17-18H2,1-3H3,(H,30,34)/t24-/m1/s1. The molecule has 0 bridgehead atoms. The van der Waals surface area contributed by atoms with Crippen LogP contribution in [0.2, 0.25) is 10.0 Å². The number of aryl methyl sites for hydroxylation is 1. The number of rotatable bonds is 10. The number of nitrogens with one attached hydrogen (secondary N) is 1. The second-order valence-corrected chi connectivity index (χ2v) is 11.2. The first-order valence-corrected chi connectivity index (χ1v) is 13.9. The van der Waals surface area contributed by atoms with Crippen LogP contribution in [0.1, 0.15) is 24.5 Å². The molecule has 3 aromatic carbocycles. The Hall–Kier alpha value is -3.07. The smallest absolute Gasteiger partial charge is 0.264 e. The maximum atomic E-state index is 13.8. The molecule has 2 amide bonds. The van der Waals surface area contributed by atoms with Gasteiger partial charge in [0.1, 0.15) is 12.6 Å². The molecule has 1 N–H and O–H groups in total. The van der Waals surface area contributed by atoms with Crippen LogP contribution in [0.3, 0.4) is 0 Å². The number of likely N-dealkylation sites (N-methyl/N-ethyl adjacent to an activating group) is 1. The Kier molecular flexibility index (Phi) is 9.59. The second kappa shape index (κ2) is 12.4. The van der Waals surface area contributed by atoms with Crippen LogP contribution in [0.25, 0.3) is 0 Å². The molecule has 37 heavy (non-hydrogen) atoms.